The summed E-state index contributed by atoms with van der Waals surface area (Å²) in [7, 11) is 0. The fraction of sp³-hybridized carbons (Fsp3) is 0.500. The molecule has 1 aromatic carbocycles. The molecule has 0 saturated heterocycles. The van der Waals surface area contributed by atoms with E-state index in [2.05, 4.69) is 6.92 Å². The minimum absolute atomic E-state index is 0.0195. The molecule has 0 saturated carbocycles. The Hall–Kier alpha value is -1.51. The highest BCUT2D eigenvalue weighted by Crippen LogP contribution is 2.22. The van der Waals surface area contributed by atoms with E-state index in [1.807, 2.05) is 0 Å². The predicted molar refractivity (Wildman–Crippen MR) is 67.3 cm³/mol. The molecule has 0 radical (unpaired) electrons. The van der Waals surface area contributed by atoms with Crippen LogP contribution in [0, 0.1) is 6.92 Å². The summed E-state index contributed by atoms with van der Waals surface area (Å²) in [5, 5.41) is 9.71. The van der Waals surface area contributed by atoms with Crippen LogP contribution >= 0.6 is 0 Å². The number of phenolic OH excluding ortho intramolecular Hbond substituents is 1. The summed E-state index contributed by atoms with van der Waals surface area (Å²) < 4.78 is 5.11. The van der Waals surface area contributed by atoms with Gasteiger partial charge in [-0.25, -0.2) is 4.79 Å². The van der Waals surface area contributed by atoms with Gasteiger partial charge < -0.3 is 9.84 Å². The zero-order chi connectivity index (χ0) is 12.7. The fourth-order valence-electron chi connectivity index (χ4n) is 1.60. The van der Waals surface area contributed by atoms with Crippen molar-refractivity contribution in [2.75, 3.05) is 6.61 Å². The van der Waals surface area contributed by atoms with Gasteiger partial charge in [-0.05, 0) is 25.0 Å². The van der Waals surface area contributed by atoms with Crippen LogP contribution in [0.1, 0.15) is 48.5 Å². The summed E-state index contributed by atoms with van der Waals surface area (Å²) in [6.07, 6.45) is 4.27. The number of esters is 1. The Morgan fingerprint density at radius 1 is 1.29 bits per heavy atom. The van der Waals surface area contributed by atoms with Crippen LogP contribution in [-0.2, 0) is 4.74 Å². The summed E-state index contributed by atoms with van der Waals surface area (Å²) in [5.74, 6) is -0.422. The van der Waals surface area contributed by atoms with E-state index in [9.17, 15) is 9.90 Å². The molecule has 1 aromatic rings. The highest BCUT2D eigenvalue weighted by molar-refractivity contribution is 5.92. The van der Waals surface area contributed by atoms with Crippen LogP contribution in [0.2, 0.25) is 0 Å². The Labute approximate surface area is 102 Å². The summed E-state index contributed by atoms with van der Waals surface area (Å²) in [4.78, 5) is 11.7. The summed E-state index contributed by atoms with van der Waals surface area (Å²) >= 11 is 0. The minimum Gasteiger partial charge on any atom is -0.507 e. The van der Waals surface area contributed by atoms with Gasteiger partial charge in [0, 0.05) is 0 Å². The minimum atomic E-state index is -0.442. The van der Waals surface area contributed by atoms with Crippen molar-refractivity contribution in [3.05, 3.63) is 29.3 Å². The molecule has 3 heteroatoms. The van der Waals surface area contributed by atoms with Gasteiger partial charge >= 0.3 is 5.97 Å². The van der Waals surface area contributed by atoms with Crippen LogP contribution in [0.4, 0.5) is 0 Å². The molecule has 0 aromatic heterocycles. The molecule has 0 spiro atoms. The smallest absolute Gasteiger partial charge is 0.341 e. The van der Waals surface area contributed by atoms with Crippen molar-refractivity contribution in [1.29, 1.82) is 0 Å². The molecule has 94 valence electrons. The van der Waals surface area contributed by atoms with Crippen molar-refractivity contribution in [2.45, 2.75) is 39.5 Å². The number of aryl methyl sites for hydroxylation is 1. The maximum Gasteiger partial charge on any atom is 0.341 e. The molecule has 0 atom stereocenters. The van der Waals surface area contributed by atoms with Crippen LogP contribution in [-0.4, -0.2) is 17.7 Å². The molecule has 0 unspecified atom stereocenters. The van der Waals surface area contributed by atoms with Crippen LogP contribution in [0.25, 0.3) is 0 Å². The predicted octanol–water partition coefficient (Wildman–Crippen LogP) is 3.44. The number of benzene rings is 1. The molecule has 1 N–H and O–H groups in total. The number of hydrogen-bond acceptors (Lipinski definition) is 3. The van der Waals surface area contributed by atoms with Crippen molar-refractivity contribution in [3.63, 3.8) is 0 Å². The number of unbranched alkanes of at least 4 members (excludes halogenated alkanes) is 3. The lowest BCUT2D eigenvalue weighted by Gasteiger charge is -2.07. The third-order valence-corrected chi connectivity index (χ3v) is 2.69. The number of carbonyl (C=O) groups excluding carboxylic acids is 1. The van der Waals surface area contributed by atoms with E-state index in [0.717, 1.165) is 25.7 Å². The monoisotopic (exact) mass is 236 g/mol. The molecule has 0 amide bonds. The zero-order valence-corrected chi connectivity index (χ0v) is 10.5. The van der Waals surface area contributed by atoms with Gasteiger partial charge in [0.1, 0.15) is 11.3 Å². The van der Waals surface area contributed by atoms with Gasteiger partial charge in [0.15, 0.2) is 0 Å². The number of carbonyl (C=O) groups is 1. The average Bonchev–Trinajstić information content (AvgIpc) is 2.32. The maximum absolute atomic E-state index is 11.7. The van der Waals surface area contributed by atoms with Crippen molar-refractivity contribution in [3.8, 4) is 5.75 Å². The van der Waals surface area contributed by atoms with Crippen LogP contribution < -0.4 is 0 Å². The first kappa shape index (κ1) is 13.6. The normalized spacial score (nSPS) is 10.2. The van der Waals surface area contributed by atoms with E-state index in [4.69, 9.17) is 4.74 Å². The summed E-state index contributed by atoms with van der Waals surface area (Å²) in [6, 6.07) is 5.08. The SMILES string of the molecule is CCCCCCOC(=O)c1cccc(C)c1O. The van der Waals surface area contributed by atoms with Crippen molar-refractivity contribution < 1.29 is 14.6 Å². The Kier molecular flexibility index (Phi) is 5.53. The molecule has 0 aliphatic heterocycles. The van der Waals surface area contributed by atoms with E-state index in [-0.39, 0.29) is 11.3 Å². The zero-order valence-electron chi connectivity index (χ0n) is 10.5. The lowest BCUT2D eigenvalue weighted by molar-refractivity contribution is 0.0494. The molecule has 17 heavy (non-hydrogen) atoms. The molecule has 1 rings (SSSR count). The number of aromatic hydroxyl groups is 1. The largest absolute Gasteiger partial charge is 0.507 e. The van der Waals surface area contributed by atoms with E-state index >= 15 is 0 Å². The van der Waals surface area contributed by atoms with Gasteiger partial charge in [-0.2, -0.15) is 0 Å². The molecule has 0 aliphatic rings. The number of para-hydroxylation sites is 1. The maximum atomic E-state index is 11.7. The average molecular weight is 236 g/mol. The van der Waals surface area contributed by atoms with Crippen molar-refractivity contribution in [1.82, 2.24) is 0 Å². The van der Waals surface area contributed by atoms with E-state index < -0.39 is 5.97 Å². The standard InChI is InChI=1S/C14H20O3/c1-3-4-5-6-10-17-14(16)12-9-7-8-11(2)13(12)15/h7-9,15H,3-6,10H2,1-2H3. The number of hydrogen-bond donors (Lipinski definition) is 1. The van der Waals surface area contributed by atoms with E-state index in [1.165, 1.54) is 0 Å². The van der Waals surface area contributed by atoms with Gasteiger partial charge in [0.2, 0.25) is 0 Å². The Bertz CT molecular complexity index is 372. The highest BCUT2D eigenvalue weighted by atomic mass is 16.5. The third-order valence-electron chi connectivity index (χ3n) is 2.69. The highest BCUT2D eigenvalue weighted by Gasteiger charge is 2.13. The van der Waals surface area contributed by atoms with E-state index in [0.29, 0.717) is 12.2 Å². The lowest BCUT2D eigenvalue weighted by atomic mass is 10.1. The molecule has 0 heterocycles. The topological polar surface area (TPSA) is 46.5 Å². The molecule has 0 bridgehead atoms. The van der Waals surface area contributed by atoms with Crippen LogP contribution in [0.3, 0.4) is 0 Å². The molecule has 0 fully saturated rings. The Balaban J connectivity index is 2.44. The third kappa shape index (κ3) is 4.10. The number of ether oxygens (including phenoxy) is 1. The molecule has 3 nitrogen and oxygen atoms in total. The second-order valence-electron chi connectivity index (χ2n) is 4.17. The number of phenols is 1. The molecule has 0 aliphatic carbocycles. The van der Waals surface area contributed by atoms with Crippen LogP contribution in [0.15, 0.2) is 18.2 Å². The number of rotatable bonds is 6. The first-order chi connectivity index (χ1) is 8.16. The first-order valence-electron chi connectivity index (χ1n) is 6.12. The fourth-order valence-corrected chi connectivity index (χ4v) is 1.60. The second-order valence-corrected chi connectivity index (χ2v) is 4.17. The molecular weight excluding hydrogens is 216 g/mol. The second kappa shape index (κ2) is 6.94. The summed E-state index contributed by atoms with van der Waals surface area (Å²) in [6.45, 7) is 4.32. The van der Waals surface area contributed by atoms with Crippen molar-refractivity contribution in [2.24, 2.45) is 0 Å². The van der Waals surface area contributed by atoms with Gasteiger partial charge in [-0.3, -0.25) is 0 Å². The van der Waals surface area contributed by atoms with Crippen LogP contribution in [0.5, 0.6) is 5.75 Å². The first-order valence-corrected chi connectivity index (χ1v) is 6.12. The Morgan fingerprint density at radius 2 is 2.06 bits per heavy atom. The van der Waals surface area contributed by atoms with Gasteiger partial charge in [-0.15, -0.1) is 0 Å². The quantitative estimate of drug-likeness (QED) is 0.608. The molecular formula is C14H20O3. The summed E-state index contributed by atoms with van der Waals surface area (Å²) in [5.41, 5.74) is 0.936. The van der Waals surface area contributed by atoms with Gasteiger partial charge in [0.05, 0.1) is 6.61 Å². The lowest BCUT2D eigenvalue weighted by Crippen LogP contribution is -2.07. The van der Waals surface area contributed by atoms with Gasteiger partial charge in [-0.1, -0.05) is 38.3 Å². The Morgan fingerprint density at radius 3 is 2.76 bits per heavy atom. The van der Waals surface area contributed by atoms with Gasteiger partial charge in [0.25, 0.3) is 0 Å². The van der Waals surface area contributed by atoms with Crippen molar-refractivity contribution >= 4 is 5.97 Å². The van der Waals surface area contributed by atoms with E-state index in [1.54, 1.807) is 25.1 Å².